The van der Waals surface area contributed by atoms with Crippen molar-refractivity contribution in [3.05, 3.63) is 34.6 Å². The minimum Gasteiger partial charge on any atom is -0.490 e. The first-order chi connectivity index (χ1) is 11.6. The van der Waals surface area contributed by atoms with E-state index < -0.39 is 0 Å². The lowest BCUT2D eigenvalue weighted by Gasteiger charge is -2.14. The van der Waals surface area contributed by atoms with Crippen LogP contribution in [0.4, 0.5) is 5.13 Å². The van der Waals surface area contributed by atoms with Gasteiger partial charge in [0.15, 0.2) is 11.4 Å². The van der Waals surface area contributed by atoms with Crippen molar-refractivity contribution in [1.29, 1.82) is 0 Å². The molecule has 7 heteroatoms. The first kappa shape index (κ1) is 16.6. The van der Waals surface area contributed by atoms with Gasteiger partial charge in [-0.3, -0.25) is 9.59 Å². The minimum atomic E-state index is -0.216. The number of carbonyl (C=O) groups excluding carboxylic acids is 2. The lowest BCUT2D eigenvalue weighted by atomic mass is 10.2. The van der Waals surface area contributed by atoms with E-state index in [0.29, 0.717) is 22.9 Å². The second-order valence-electron chi connectivity index (χ2n) is 5.86. The standard InChI is InChI=1S/C17H19N3O3S/c1-11-9-18-17(24-11)20-16(22)8-12-6-15(7-13(10-21)19-12)23-14-4-2-3-5-14/h6-7,9-10,14H,2-5,8H2,1H3,(H,18,20,22). The Morgan fingerprint density at radius 2 is 2.21 bits per heavy atom. The summed E-state index contributed by atoms with van der Waals surface area (Å²) in [4.78, 5) is 32.6. The van der Waals surface area contributed by atoms with Gasteiger partial charge < -0.3 is 10.1 Å². The van der Waals surface area contributed by atoms with Gasteiger partial charge in [0, 0.05) is 23.2 Å². The Balaban J connectivity index is 1.69. The second kappa shape index (κ2) is 7.53. The molecule has 1 amide bonds. The fourth-order valence-corrected chi connectivity index (χ4v) is 3.42. The largest absolute Gasteiger partial charge is 0.490 e. The molecule has 24 heavy (non-hydrogen) atoms. The van der Waals surface area contributed by atoms with Crippen molar-refractivity contribution in [1.82, 2.24) is 9.97 Å². The molecule has 0 unspecified atom stereocenters. The van der Waals surface area contributed by atoms with Crippen LogP contribution in [0.25, 0.3) is 0 Å². The number of hydrogen-bond donors (Lipinski definition) is 1. The summed E-state index contributed by atoms with van der Waals surface area (Å²) < 4.78 is 5.92. The maximum Gasteiger partial charge on any atom is 0.232 e. The molecular formula is C17H19N3O3S. The molecular weight excluding hydrogens is 326 g/mol. The molecule has 3 rings (SSSR count). The molecule has 0 bridgehead atoms. The number of hydrogen-bond acceptors (Lipinski definition) is 6. The maximum absolute atomic E-state index is 12.1. The molecule has 0 aromatic carbocycles. The summed E-state index contributed by atoms with van der Waals surface area (Å²) in [6.45, 7) is 1.93. The molecule has 1 saturated carbocycles. The van der Waals surface area contributed by atoms with E-state index in [4.69, 9.17) is 4.74 Å². The lowest BCUT2D eigenvalue weighted by molar-refractivity contribution is -0.115. The SMILES string of the molecule is Cc1cnc(NC(=O)Cc2cc(OC3CCCC3)cc(C=O)n2)s1. The van der Waals surface area contributed by atoms with Crippen molar-refractivity contribution in [2.24, 2.45) is 0 Å². The summed E-state index contributed by atoms with van der Waals surface area (Å²) in [5, 5.41) is 3.30. The zero-order valence-electron chi connectivity index (χ0n) is 13.4. The van der Waals surface area contributed by atoms with Gasteiger partial charge >= 0.3 is 0 Å². The number of carbonyl (C=O) groups is 2. The number of rotatable bonds is 6. The van der Waals surface area contributed by atoms with E-state index >= 15 is 0 Å². The topological polar surface area (TPSA) is 81.2 Å². The number of nitrogens with one attached hydrogen (secondary N) is 1. The summed E-state index contributed by atoms with van der Waals surface area (Å²) in [6, 6.07) is 3.36. The van der Waals surface area contributed by atoms with Crippen molar-refractivity contribution in [2.75, 3.05) is 5.32 Å². The van der Waals surface area contributed by atoms with Gasteiger partial charge in [-0.25, -0.2) is 9.97 Å². The van der Waals surface area contributed by atoms with Crippen molar-refractivity contribution in [3.8, 4) is 5.75 Å². The van der Waals surface area contributed by atoms with Crippen LogP contribution in [0, 0.1) is 6.92 Å². The van der Waals surface area contributed by atoms with E-state index in [0.717, 1.165) is 17.7 Å². The predicted octanol–water partition coefficient (Wildman–Crippen LogP) is 3.16. The van der Waals surface area contributed by atoms with Gasteiger partial charge in [0.2, 0.25) is 5.91 Å². The van der Waals surface area contributed by atoms with E-state index in [9.17, 15) is 9.59 Å². The third-order valence-corrected chi connectivity index (χ3v) is 4.63. The predicted molar refractivity (Wildman–Crippen MR) is 91.7 cm³/mol. The third-order valence-electron chi connectivity index (χ3n) is 3.81. The highest BCUT2D eigenvalue weighted by Crippen LogP contribution is 2.25. The summed E-state index contributed by atoms with van der Waals surface area (Å²) in [7, 11) is 0. The Labute approximate surface area is 144 Å². The molecule has 1 aliphatic rings. The highest BCUT2D eigenvalue weighted by Gasteiger charge is 2.18. The van der Waals surface area contributed by atoms with Crippen LogP contribution >= 0.6 is 11.3 Å². The first-order valence-corrected chi connectivity index (χ1v) is 8.79. The number of aromatic nitrogens is 2. The molecule has 6 nitrogen and oxygen atoms in total. The van der Waals surface area contributed by atoms with Gasteiger partial charge in [0.05, 0.1) is 18.2 Å². The number of pyridine rings is 1. The Bertz CT molecular complexity index is 738. The van der Waals surface area contributed by atoms with Gasteiger partial charge in [-0.1, -0.05) is 0 Å². The Morgan fingerprint density at radius 1 is 1.42 bits per heavy atom. The van der Waals surface area contributed by atoms with Gasteiger partial charge in [-0.2, -0.15) is 0 Å². The van der Waals surface area contributed by atoms with Crippen LogP contribution in [-0.4, -0.2) is 28.3 Å². The summed E-state index contributed by atoms with van der Waals surface area (Å²) in [6.07, 6.45) is 7.02. The van der Waals surface area contributed by atoms with Gasteiger partial charge in [-0.15, -0.1) is 11.3 Å². The number of anilines is 1. The molecule has 2 aromatic heterocycles. The second-order valence-corrected chi connectivity index (χ2v) is 7.10. The summed E-state index contributed by atoms with van der Waals surface area (Å²) >= 11 is 1.41. The van der Waals surface area contributed by atoms with Crippen molar-refractivity contribution in [3.63, 3.8) is 0 Å². The number of nitrogens with zero attached hydrogens (tertiary/aromatic N) is 2. The summed E-state index contributed by atoms with van der Waals surface area (Å²) in [5.41, 5.74) is 0.789. The molecule has 0 aliphatic heterocycles. The number of thiazole rings is 1. The van der Waals surface area contributed by atoms with Gasteiger partial charge in [-0.05, 0) is 32.6 Å². The normalized spacial score (nSPS) is 14.5. The maximum atomic E-state index is 12.1. The molecule has 1 aliphatic carbocycles. The average Bonchev–Trinajstić information content (AvgIpc) is 3.18. The number of aryl methyl sites for hydroxylation is 1. The molecule has 126 valence electrons. The Morgan fingerprint density at radius 3 is 2.88 bits per heavy atom. The van der Waals surface area contributed by atoms with E-state index in [1.165, 1.54) is 24.2 Å². The van der Waals surface area contributed by atoms with Crippen LogP contribution in [0.15, 0.2) is 18.3 Å². The zero-order valence-corrected chi connectivity index (χ0v) is 14.3. The lowest BCUT2D eigenvalue weighted by Crippen LogP contribution is -2.16. The molecule has 1 fully saturated rings. The van der Waals surface area contributed by atoms with E-state index in [2.05, 4.69) is 15.3 Å². The van der Waals surface area contributed by atoms with Crippen LogP contribution in [0.5, 0.6) is 5.75 Å². The minimum absolute atomic E-state index is 0.0708. The van der Waals surface area contributed by atoms with Crippen LogP contribution in [0.3, 0.4) is 0 Å². The molecule has 2 heterocycles. The van der Waals surface area contributed by atoms with Crippen LogP contribution in [0.1, 0.15) is 46.7 Å². The van der Waals surface area contributed by atoms with Crippen molar-refractivity contribution < 1.29 is 14.3 Å². The Kier molecular flexibility index (Phi) is 5.20. The smallest absolute Gasteiger partial charge is 0.232 e. The molecule has 0 saturated heterocycles. The zero-order chi connectivity index (χ0) is 16.9. The number of aldehydes is 1. The van der Waals surface area contributed by atoms with Crippen molar-refractivity contribution in [2.45, 2.75) is 45.1 Å². The van der Waals surface area contributed by atoms with E-state index in [1.54, 1.807) is 18.3 Å². The van der Waals surface area contributed by atoms with Gasteiger partial charge in [0.1, 0.15) is 11.4 Å². The van der Waals surface area contributed by atoms with E-state index in [1.807, 2.05) is 6.92 Å². The first-order valence-electron chi connectivity index (χ1n) is 7.97. The van der Waals surface area contributed by atoms with Crippen LogP contribution in [-0.2, 0) is 11.2 Å². The third kappa shape index (κ3) is 4.38. The number of ether oxygens (including phenoxy) is 1. The molecule has 2 aromatic rings. The quantitative estimate of drug-likeness (QED) is 0.813. The fourth-order valence-electron chi connectivity index (χ4n) is 2.74. The highest BCUT2D eigenvalue weighted by atomic mass is 32.1. The highest BCUT2D eigenvalue weighted by molar-refractivity contribution is 7.15. The Hall–Kier alpha value is -2.28. The van der Waals surface area contributed by atoms with Crippen LogP contribution < -0.4 is 10.1 Å². The van der Waals surface area contributed by atoms with Crippen LogP contribution in [0.2, 0.25) is 0 Å². The van der Waals surface area contributed by atoms with E-state index in [-0.39, 0.29) is 24.1 Å². The van der Waals surface area contributed by atoms with Crippen molar-refractivity contribution >= 4 is 28.7 Å². The molecule has 1 N–H and O–H groups in total. The molecule has 0 spiro atoms. The summed E-state index contributed by atoms with van der Waals surface area (Å²) in [5.74, 6) is 0.388. The fraction of sp³-hybridized carbons (Fsp3) is 0.412. The monoisotopic (exact) mass is 345 g/mol. The van der Waals surface area contributed by atoms with Gasteiger partial charge in [0.25, 0.3) is 0 Å². The average molecular weight is 345 g/mol. The molecule has 0 radical (unpaired) electrons. The number of amides is 1. The molecule has 0 atom stereocenters.